The van der Waals surface area contributed by atoms with Crippen molar-refractivity contribution in [1.29, 1.82) is 0 Å². The molecule has 2 aliphatic carbocycles. The van der Waals surface area contributed by atoms with Crippen LogP contribution in [-0.4, -0.2) is 23.7 Å². The Kier molecular flexibility index (Phi) is 4.22. The Morgan fingerprint density at radius 2 is 1.88 bits per heavy atom. The van der Waals surface area contributed by atoms with Gasteiger partial charge >= 0.3 is 0 Å². The molecule has 3 nitrogen and oxygen atoms in total. The first-order chi connectivity index (χ1) is 7.74. The summed E-state index contributed by atoms with van der Waals surface area (Å²) in [5, 5.41) is 12.4. The lowest BCUT2D eigenvalue weighted by Gasteiger charge is -2.13. The van der Waals surface area contributed by atoms with Crippen LogP contribution < -0.4 is 5.32 Å². The molecule has 92 valence electrons. The summed E-state index contributed by atoms with van der Waals surface area (Å²) in [4.78, 5) is 11.7. The average molecular weight is 225 g/mol. The van der Waals surface area contributed by atoms with E-state index in [0.717, 1.165) is 32.2 Å². The van der Waals surface area contributed by atoms with E-state index in [1.165, 1.54) is 25.7 Å². The summed E-state index contributed by atoms with van der Waals surface area (Å²) < 4.78 is 0. The van der Waals surface area contributed by atoms with Crippen LogP contribution in [0.25, 0.3) is 0 Å². The standard InChI is InChI=1S/C13H23NO2/c15-12-6-5-11(7-12)9-14-13(16)8-10-3-1-2-4-10/h10-12,15H,1-9H2,(H,14,16). The van der Waals surface area contributed by atoms with E-state index in [4.69, 9.17) is 0 Å². The summed E-state index contributed by atoms with van der Waals surface area (Å²) in [6.45, 7) is 0.766. The second kappa shape index (κ2) is 5.67. The van der Waals surface area contributed by atoms with Crippen LogP contribution in [0, 0.1) is 11.8 Å². The van der Waals surface area contributed by atoms with E-state index in [9.17, 15) is 9.90 Å². The SMILES string of the molecule is O=C(CC1CCCC1)NCC1CCC(O)C1. The van der Waals surface area contributed by atoms with Gasteiger partial charge in [0.05, 0.1) is 6.10 Å². The van der Waals surface area contributed by atoms with Crippen LogP contribution in [0.5, 0.6) is 0 Å². The number of aliphatic hydroxyl groups is 1. The summed E-state index contributed by atoms with van der Waals surface area (Å²) in [7, 11) is 0. The molecule has 0 aromatic heterocycles. The molecular weight excluding hydrogens is 202 g/mol. The zero-order valence-corrected chi connectivity index (χ0v) is 9.95. The maximum atomic E-state index is 11.7. The molecule has 0 bridgehead atoms. The Morgan fingerprint density at radius 1 is 1.12 bits per heavy atom. The number of hydrogen-bond acceptors (Lipinski definition) is 2. The van der Waals surface area contributed by atoms with Crippen LogP contribution in [0.3, 0.4) is 0 Å². The quantitative estimate of drug-likeness (QED) is 0.767. The molecule has 2 fully saturated rings. The molecule has 0 aromatic carbocycles. The molecule has 1 amide bonds. The van der Waals surface area contributed by atoms with E-state index in [-0.39, 0.29) is 12.0 Å². The van der Waals surface area contributed by atoms with Gasteiger partial charge in [-0.05, 0) is 43.9 Å². The van der Waals surface area contributed by atoms with Crippen molar-refractivity contribution in [2.75, 3.05) is 6.54 Å². The topological polar surface area (TPSA) is 49.3 Å². The van der Waals surface area contributed by atoms with Crippen molar-refractivity contribution in [2.24, 2.45) is 11.8 Å². The van der Waals surface area contributed by atoms with Crippen molar-refractivity contribution < 1.29 is 9.90 Å². The fraction of sp³-hybridized carbons (Fsp3) is 0.923. The smallest absolute Gasteiger partial charge is 0.220 e. The Hall–Kier alpha value is -0.570. The van der Waals surface area contributed by atoms with Gasteiger partial charge in [0.1, 0.15) is 0 Å². The number of rotatable bonds is 4. The van der Waals surface area contributed by atoms with Crippen molar-refractivity contribution in [3.8, 4) is 0 Å². The molecule has 0 saturated heterocycles. The number of carbonyl (C=O) groups excluding carboxylic acids is 1. The Labute approximate surface area is 97.6 Å². The van der Waals surface area contributed by atoms with Gasteiger partial charge in [0.2, 0.25) is 5.91 Å². The minimum absolute atomic E-state index is 0.128. The predicted octanol–water partition coefficient (Wildman–Crippen LogP) is 1.84. The summed E-state index contributed by atoms with van der Waals surface area (Å²) in [6, 6.07) is 0. The maximum Gasteiger partial charge on any atom is 0.220 e. The van der Waals surface area contributed by atoms with Crippen LogP contribution >= 0.6 is 0 Å². The lowest BCUT2D eigenvalue weighted by molar-refractivity contribution is -0.122. The van der Waals surface area contributed by atoms with Gasteiger partial charge in [-0.1, -0.05) is 12.8 Å². The largest absolute Gasteiger partial charge is 0.393 e. The van der Waals surface area contributed by atoms with Gasteiger partial charge in [-0.3, -0.25) is 4.79 Å². The van der Waals surface area contributed by atoms with E-state index >= 15 is 0 Å². The molecule has 2 unspecified atom stereocenters. The van der Waals surface area contributed by atoms with Crippen LogP contribution in [0.1, 0.15) is 51.4 Å². The van der Waals surface area contributed by atoms with Crippen molar-refractivity contribution in [2.45, 2.75) is 57.5 Å². The molecule has 0 heterocycles. The summed E-state index contributed by atoms with van der Waals surface area (Å²) in [5.74, 6) is 1.35. The number of aliphatic hydroxyl groups excluding tert-OH is 1. The van der Waals surface area contributed by atoms with Crippen LogP contribution in [-0.2, 0) is 4.79 Å². The third kappa shape index (κ3) is 3.48. The molecule has 0 aromatic rings. The molecule has 2 aliphatic rings. The van der Waals surface area contributed by atoms with E-state index in [1.54, 1.807) is 0 Å². The molecule has 0 radical (unpaired) electrons. The zero-order chi connectivity index (χ0) is 11.4. The van der Waals surface area contributed by atoms with Crippen molar-refractivity contribution in [1.82, 2.24) is 5.32 Å². The van der Waals surface area contributed by atoms with Crippen molar-refractivity contribution in [3.05, 3.63) is 0 Å². The summed E-state index contributed by atoms with van der Waals surface area (Å²) >= 11 is 0. The van der Waals surface area contributed by atoms with Crippen LogP contribution in [0.4, 0.5) is 0 Å². The Morgan fingerprint density at radius 3 is 2.50 bits per heavy atom. The van der Waals surface area contributed by atoms with Gasteiger partial charge in [0.25, 0.3) is 0 Å². The predicted molar refractivity (Wildman–Crippen MR) is 62.9 cm³/mol. The highest BCUT2D eigenvalue weighted by Crippen LogP contribution is 2.28. The molecule has 2 N–H and O–H groups in total. The van der Waals surface area contributed by atoms with Gasteiger partial charge < -0.3 is 10.4 Å². The minimum Gasteiger partial charge on any atom is -0.393 e. The first-order valence-corrected chi connectivity index (χ1v) is 6.69. The average Bonchev–Trinajstić information content (AvgIpc) is 2.87. The van der Waals surface area contributed by atoms with Gasteiger partial charge in [0.15, 0.2) is 0 Å². The Balaban J connectivity index is 1.60. The van der Waals surface area contributed by atoms with E-state index < -0.39 is 0 Å². The normalized spacial score (nSPS) is 30.8. The lowest BCUT2D eigenvalue weighted by atomic mass is 10.0. The van der Waals surface area contributed by atoms with Gasteiger partial charge in [-0.15, -0.1) is 0 Å². The minimum atomic E-state index is -0.128. The highest BCUT2D eigenvalue weighted by molar-refractivity contribution is 5.76. The number of nitrogens with one attached hydrogen (secondary N) is 1. The monoisotopic (exact) mass is 225 g/mol. The molecule has 2 rings (SSSR count). The van der Waals surface area contributed by atoms with E-state index in [0.29, 0.717) is 11.8 Å². The molecule has 0 spiro atoms. The van der Waals surface area contributed by atoms with Gasteiger partial charge in [-0.2, -0.15) is 0 Å². The van der Waals surface area contributed by atoms with Crippen LogP contribution in [0.15, 0.2) is 0 Å². The second-order valence-electron chi connectivity index (χ2n) is 5.49. The maximum absolute atomic E-state index is 11.7. The highest BCUT2D eigenvalue weighted by Gasteiger charge is 2.23. The van der Waals surface area contributed by atoms with E-state index in [1.807, 2.05) is 0 Å². The third-order valence-electron chi connectivity index (χ3n) is 4.05. The molecule has 2 saturated carbocycles. The van der Waals surface area contributed by atoms with Crippen molar-refractivity contribution in [3.63, 3.8) is 0 Å². The van der Waals surface area contributed by atoms with E-state index in [2.05, 4.69) is 5.32 Å². The number of hydrogen-bond donors (Lipinski definition) is 2. The molecular formula is C13H23NO2. The molecule has 2 atom stereocenters. The lowest BCUT2D eigenvalue weighted by Crippen LogP contribution is -2.29. The fourth-order valence-electron chi connectivity index (χ4n) is 3.04. The number of carbonyl (C=O) groups is 1. The van der Waals surface area contributed by atoms with Crippen molar-refractivity contribution >= 4 is 5.91 Å². The number of amides is 1. The van der Waals surface area contributed by atoms with Gasteiger partial charge in [0, 0.05) is 13.0 Å². The highest BCUT2D eigenvalue weighted by atomic mass is 16.3. The molecule has 0 aliphatic heterocycles. The first-order valence-electron chi connectivity index (χ1n) is 6.69. The molecule has 3 heteroatoms. The first kappa shape index (κ1) is 11.9. The van der Waals surface area contributed by atoms with Crippen LogP contribution in [0.2, 0.25) is 0 Å². The fourth-order valence-corrected chi connectivity index (χ4v) is 3.04. The van der Waals surface area contributed by atoms with Gasteiger partial charge in [-0.25, -0.2) is 0 Å². The zero-order valence-electron chi connectivity index (χ0n) is 9.95. The summed E-state index contributed by atoms with van der Waals surface area (Å²) in [5.41, 5.74) is 0. The molecule has 16 heavy (non-hydrogen) atoms. The Bertz CT molecular complexity index is 236. The summed E-state index contributed by atoms with van der Waals surface area (Å²) in [6.07, 6.45) is 8.48. The second-order valence-corrected chi connectivity index (χ2v) is 5.49. The third-order valence-corrected chi connectivity index (χ3v) is 4.05.